The van der Waals surface area contributed by atoms with Crippen LogP contribution in [0.15, 0.2) is 71.3 Å². The van der Waals surface area contributed by atoms with Crippen molar-refractivity contribution in [2.24, 2.45) is 5.92 Å². The van der Waals surface area contributed by atoms with Crippen molar-refractivity contribution in [2.45, 2.75) is 20.4 Å². The monoisotopic (exact) mass is 470 g/mol. The van der Waals surface area contributed by atoms with Gasteiger partial charge in [-0.25, -0.2) is 14.2 Å². The predicted molar refractivity (Wildman–Crippen MR) is 123 cm³/mol. The number of hydrogen-bond donors (Lipinski definition) is 2. The normalized spacial score (nSPS) is 10.7. The zero-order valence-corrected chi connectivity index (χ0v) is 18.5. The van der Waals surface area contributed by atoms with Crippen molar-refractivity contribution >= 4 is 39.2 Å². The first kappa shape index (κ1) is 21.8. The number of amides is 2. The summed E-state index contributed by atoms with van der Waals surface area (Å²) >= 11 is 3.45. The summed E-state index contributed by atoms with van der Waals surface area (Å²) in [6.07, 6.45) is 0. The Balaban J connectivity index is 1.77. The number of carbonyl (C=O) groups excluding carboxylic acids is 1. The lowest BCUT2D eigenvalue weighted by Gasteiger charge is -2.26. The third-order valence-corrected chi connectivity index (χ3v) is 4.67. The van der Waals surface area contributed by atoms with E-state index in [1.165, 1.54) is 29.8 Å². The summed E-state index contributed by atoms with van der Waals surface area (Å²) in [5.41, 5.74) is 2.30. The van der Waals surface area contributed by atoms with Crippen LogP contribution in [0.2, 0.25) is 0 Å². The van der Waals surface area contributed by atoms with Crippen LogP contribution in [0.1, 0.15) is 19.4 Å². The van der Waals surface area contributed by atoms with Gasteiger partial charge in [0.2, 0.25) is 0 Å². The van der Waals surface area contributed by atoms with Crippen LogP contribution < -0.4 is 15.5 Å². The van der Waals surface area contributed by atoms with Crippen molar-refractivity contribution in [3.05, 3.63) is 82.7 Å². The molecule has 1 heterocycles. The number of benzene rings is 2. The Morgan fingerprint density at radius 2 is 1.70 bits per heavy atom. The van der Waals surface area contributed by atoms with E-state index >= 15 is 0 Å². The van der Waals surface area contributed by atoms with Crippen molar-refractivity contribution < 1.29 is 9.18 Å². The Morgan fingerprint density at radius 3 is 2.37 bits per heavy atom. The second kappa shape index (κ2) is 10.2. The molecular weight excluding hydrogens is 447 g/mol. The fourth-order valence-corrected chi connectivity index (χ4v) is 3.46. The molecule has 0 aliphatic rings. The molecule has 156 valence electrons. The Morgan fingerprint density at radius 1 is 1.03 bits per heavy atom. The first-order chi connectivity index (χ1) is 14.4. The maximum atomic E-state index is 13.0. The number of pyridine rings is 1. The van der Waals surface area contributed by atoms with Crippen LogP contribution in [0.25, 0.3) is 0 Å². The molecule has 0 bridgehead atoms. The van der Waals surface area contributed by atoms with E-state index < -0.39 is 6.03 Å². The molecule has 0 aliphatic carbocycles. The van der Waals surface area contributed by atoms with Crippen molar-refractivity contribution in [3.63, 3.8) is 0 Å². The average molecular weight is 471 g/mol. The zero-order chi connectivity index (χ0) is 21.5. The van der Waals surface area contributed by atoms with E-state index in [4.69, 9.17) is 0 Å². The minimum absolute atomic E-state index is 0.354. The van der Waals surface area contributed by atoms with Crippen molar-refractivity contribution in [2.75, 3.05) is 22.1 Å². The molecule has 0 radical (unpaired) electrons. The molecule has 2 aromatic carbocycles. The molecule has 3 aromatic rings. The van der Waals surface area contributed by atoms with Crippen LogP contribution in [0.4, 0.5) is 26.4 Å². The highest BCUT2D eigenvalue weighted by Gasteiger charge is 2.14. The lowest BCUT2D eigenvalue weighted by atomic mass is 10.1. The Kier molecular flexibility index (Phi) is 7.41. The SMILES string of the molecule is CC(C)CN(Cc1ccccc1)c1cc(NC(=O)Nc2ccc(F)cc2)cc(Br)n1. The fourth-order valence-electron chi connectivity index (χ4n) is 3.03. The topological polar surface area (TPSA) is 57.3 Å². The quantitative estimate of drug-likeness (QED) is 0.398. The minimum Gasteiger partial charge on any atom is -0.352 e. The number of aromatic nitrogens is 1. The number of halogens is 2. The highest BCUT2D eigenvalue weighted by Crippen LogP contribution is 2.24. The van der Waals surface area contributed by atoms with Gasteiger partial charge < -0.3 is 15.5 Å². The lowest BCUT2D eigenvalue weighted by Crippen LogP contribution is -2.28. The van der Waals surface area contributed by atoms with Gasteiger partial charge in [-0.1, -0.05) is 44.2 Å². The van der Waals surface area contributed by atoms with E-state index in [2.05, 4.69) is 62.4 Å². The first-order valence-corrected chi connectivity index (χ1v) is 10.5. The molecule has 0 aliphatic heterocycles. The van der Waals surface area contributed by atoms with Crippen LogP contribution in [0, 0.1) is 11.7 Å². The second-order valence-corrected chi connectivity index (χ2v) is 8.20. The summed E-state index contributed by atoms with van der Waals surface area (Å²) in [6.45, 7) is 5.85. The Bertz CT molecular complexity index is 980. The molecular formula is C23H24BrFN4O. The first-order valence-electron chi connectivity index (χ1n) is 9.69. The molecule has 0 atom stereocenters. The van der Waals surface area contributed by atoms with Gasteiger partial charge >= 0.3 is 6.03 Å². The van der Waals surface area contributed by atoms with Gasteiger partial charge in [-0.15, -0.1) is 0 Å². The highest BCUT2D eigenvalue weighted by atomic mass is 79.9. The van der Waals surface area contributed by atoms with Gasteiger partial charge in [-0.3, -0.25) is 0 Å². The van der Waals surface area contributed by atoms with E-state index in [0.29, 0.717) is 28.4 Å². The summed E-state index contributed by atoms with van der Waals surface area (Å²) in [5, 5.41) is 5.51. The van der Waals surface area contributed by atoms with Gasteiger partial charge in [-0.05, 0) is 57.7 Å². The van der Waals surface area contributed by atoms with E-state index in [1.807, 2.05) is 24.3 Å². The smallest absolute Gasteiger partial charge is 0.323 e. The predicted octanol–water partition coefficient (Wildman–Crippen LogP) is 6.29. The van der Waals surface area contributed by atoms with Crippen molar-refractivity contribution in [1.82, 2.24) is 4.98 Å². The fraction of sp³-hybridized carbons (Fsp3) is 0.217. The molecule has 5 nitrogen and oxygen atoms in total. The Hall–Kier alpha value is -2.93. The van der Waals surface area contributed by atoms with E-state index in [9.17, 15) is 9.18 Å². The zero-order valence-electron chi connectivity index (χ0n) is 16.9. The number of nitrogens with one attached hydrogen (secondary N) is 2. The number of nitrogens with zero attached hydrogens (tertiary/aromatic N) is 2. The molecule has 2 amide bonds. The molecule has 0 saturated carbocycles. The second-order valence-electron chi connectivity index (χ2n) is 7.38. The molecule has 0 unspecified atom stereocenters. The van der Waals surface area contributed by atoms with Crippen LogP contribution in [0.5, 0.6) is 0 Å². The lowest BCUT2D eigenvalue weighted by molar-refractivity contribution is 0.262. The largest absolute Gasteiger partial charge is 0.352 e. The standard InChI is InChI=1S/C23H24BrFN4O/c1-16(2)14-29(15-17-6-4-3-5-7-17)22-13-20(12-21(24)28-22)27-23(30)26-19-10-8-18(25)9-11-19/h3-13,16H,14-15H2,1-2H3,(H2,26,27,28,30). The summed E-state index contributed by atoms with van der Waals surface area (Å²) in [6, 6.07) is 19.0. The minimum atomic E-state index is -0.413. The van der Waals surface area contributed by atoms with Crippen LogP contribution in [-0.2, 0) is 6.54 Å². The molecule has 0 spiro atoms. The maximum Gasteiger partial charge on any atom is 0.323 e. The summed E-state index contributed by atoms with van der Waals surface area (Å²) in [7, 11) is 0. The molecule has 1 aromatic heterocycles. The molecule has 0 fully saturated rings. The molecule has 7 heteroatoms. The van der Waals surface area contributed by atoms with Gasteiger partial charge in [0.25, 0.3) is 0 Å². The third-order valence-electron chi connectivity index (χ3n) is 4.27. The van der Waals surface area contributed by atoms with Crippen molar-refractivity contribution in [1.29, 1.82) is 0 Å². The summed E-state index contributed by atoms with van der Waals surface area (Å²) in [4.78, 5) is 19.2. The van der Waals surface area contributed by atoms with Crippen LogP contribution in [-0.4, -0.2) is 17.6 Å². The molecule has 3 rings (SSSR count). The summed E-state index contributed by atoms with van der Waals surface area (Å²) in [5.74, 6) is 0.846. The van der Waals surface area contributed by atoms with Gasteiger partial charge in [0.05, 0.1) is 0 Å². The molecule has 2 N–H and O–H groups in total. The number of hydrogen-bond acceptors (Lipinski definition) is 3. The van der Waals surface area contributed by atoms with Gasteiger partial charge in [0.1, 0.15) is 16.2 Å². The van der Waals surface area contributed by atoms with Crippen molar-refractivity contribution in [3.8, 4) is 0 Å². The molecule has 0 saturated heterocycles. The van der Waals surface area contributed by atoms with Gasteiger partial charge in [0.15, 0.2) is 0 Å². The maximum absolute atomic E-state index is 13.0. The highest BCUT2D eigenvalue weighted by molar-refractivity contribution is 9.10. The van der Waals surface area contributed by atoms with Gasteiger partial charge in [0, 0.05) is 30.5 Å². The number of rotatable bonds is 7. The summed E-state index contributed by atoms with van der Waals surface area (Å²) < 4.78 is 13.7. The molecule has 30 heavy (non-hydrogen) atoms. The van der Waals surface area contributed by atoms with Gasteiger partial charge in [-0.2, -0.15) is 0 Å². The number of anilines is 3. The van der Waals surface area contributed by atoms with Crippen LogP contribution in [0.3, 0.4) is 0 Å². The number of carbonyl (C=O) groups is 1. The third kappa shape index (κ3) is 6.56. The van der Waals surface area contributed by atoms with E-state index in [1.54, 1.807) is 6.07 Å². The average Bonchev–Trinajstić information content (AvgIpc) is 2.69. The van der Waals surface area contributed by atoms with E-state index in [0.717, 1.165) is 12.4 Å². The van der Waals surface area contributed by atoms with Crippen LogP contribution >= 0.6 is 15.9 Å². The number of urea groups is 1. The van der Waals surface area contributed by atoms with E-state index in [-0.39, 0.29) is 5.82 Å². The Labute approximate surface area is 184 Å².